The molecule has 0 aliphatic heterocycles. The summed E-state index contributed by atoms with van der Waals surface area (Å²) in [6, 6.07) is 9.41. The van der Waals surface area contributed by atoms with Gasteiger partial charge in [-0.1, -0.05) is 49.6 Å². The SMILES string of the molecule is CCCCCNS(=O)(=O)Cc1nc2oc(-c3ccc(C)cc3)c(C(=O)NC)c2cc1I. The maximum atomic E-state index is 12.6. The lowest BCUT2D eigenvalue weighted by Crippen LogP contribution is -2.26. The van der Waals surface area contributed by atoms with E-state index in [1.807, 2.05) is 31.2 Å². The number of rotatable bonds is 9. The number of nitrogens with zero attached hydrogens (tertiary/aromatic N) is 1. The normalized spacial score (nSPS) is 11.7. The van der Waals surface area contributed by atoms with Crippen LogP contribution in [0.25, 0.3) is 22.4 Å². The Morgan fingerprint density at radius 3 is 2.55 bits per heavy atom. The molecule has 2 N–H and O–H groups in total. The van der Waals surface area contributed by atoms with E-state index in [1.54, 1.807) is 13.1 Å². The van der Waals surface area contributed by atoms with Gasteiger partial charge in [-0.25, -0.2) is 18.1 Å². The van der Waals surface area contributed by atoms with Gasteiger partial charge in [0.2, 0.25) is 15.7 Å². The number of halogens is 1. The number of furan rings is 1. The first-order valence-corrected chi connectivity index (χ1v) is 12.9. The van der Waals surface area contributed by atoms with Crippen LogP contribution in [0, 0.1) is 10.5 Å². The van der Waals surface area contributed by atoms with Crippen molar-refractivity contribution < 1.29 is 17.6 Å². The van der Waals surface area contributed by atoms with Gasteiger partial charge in [-0.2, -0.15) is 0 Å². The predicted molar refractivity (Wildman–Crippen MR) is 130 cm³/mol. The maximum absolute atomic E-state index is 12.6. The van der Waals surface area contributed by atoms with Gasteiger partial charge in [0.05, 0.1) is 16.6 Å². The molecular formula is C22H26IN3O4S. The molecule has 9 heteroatoms. The van der Waals surface area contributed by atoms with E-state index in [4.69, 9.17) is 4.42 Å². The average Bonchev–Trinajstić information content (AvgIpc) is 3.09. The molecule has 166 valence electrons. The smallest absolute Gasteiger partial charge is 0.255 e. The number of unbranched alkanes of at least 4 members (excludes halogenated alkanes) is 2. The van der Waals surface area contributed by atoms with Crippen molar-refractivity contribution in [2.24, 2.45) is 0 Å². The third-order valence-electron chi connectivity index (χ3n) is 4.91. The van der Waals surface area contributed by atoms with Gasteiger partial charge in [0.1, 0.15) is 11.5 Å². The molecule has 3 rings (SSSR count). The van der Waals surface area contributed by atoms with Gasteiger partial charge in [0.25, 0.3) is 5.91 Å². The van der Waals surface area contributed by atoms with E-state index in [9.17, 15) is 13.2 Å². The maximum Gasteiger partial charge on any atom is 0.255 e. The van der Waals surface area contributed by atoms with Crippen molar-refractivity contribution >= 4 is 49.6 Å². The molecule has 0 fully saturated rings. The van der Waals surface area contributed by atoms with Crippen LogP contribution in [-0.2, 0) is 15.8 Å². The minimum absolute atomic E-state index is 0.241. The number of sulfonamides is 1. The summed E-state index contributed by atoms with van der Waals surface area (Å²) in [7, 11) is -1.97. The van der Waals surface area contributed by atoms with Crippen LogP contribution in [0.2, 0.25) is 0 Å². The van der Waals surface area contributed by atoms with Crippen LogP contribution in [0.1, 0.15) is 47.8 Å². The Labute approximate surface area is 196 Å². The zero-order valence-electron chi connectivity index (χ0n) is 17.8. The summed E-state index contributed by atoms with van der Waals surface area (Å²) >= 11 is 2.05. The molecule has 0 saturated heterocycles. The van der Waals surface area contributed by atoms with E-state index in [1.165, 1.54) is 0 Å². The van der Waals surface area contributed by atoms with Crippen molar-refractivity contribution in [1.82, 2.24) is 15.0 Å². The Morgan fingerprint density at radius 2 is 1.90 bits per heavy atom. The number of fused-ring (bicyclic) bond motifs is 1. The first-order valence-electron chi connectivity index (χ1n) is 10.1. The van der Waals surface area contributed by atoms with E-state index < -0.39 is 10.0 Å². The van der Waals surface area contributed by atoms with Crippen molar-refractivity contribution in [3.8, 4) is 11.3 Å². The van der Waals surface area contributed by atoms with Gasteiger partial charge in [0, 0.05) is 22.7 Å². The van der Waals surface area contributed by atoms with Crippen molar-refractivity contribution in [3.05, 3.63) is 50.7 Å². The van der Waals surface area contributed by atoms with Crippen LogP contribution >= 0.6 is 22.6 Å². The third kappa shape index (κ3) is 5.64. The Bertz CT molecular complexity index is 1190. The minimum atomic E-state index is -3.53. The van der Waals surface area contributed by atoms with Crippen molar-refractivity contribution in [2.45, 2.75) is 38.9 Å². The molecule has 0 aliphatic carbocycles. The van der Waals surface area contributed by atoms with Gasteiger partial charge in [-0.05, 0) is 42.0 Å². The van der Waals surface area contributed by atoms with E-state index >= 15 is 0 Å². The summed E-state index contributed by atoms with van der Waals surface area (Å²) in [5.41, 5.74) is 2.87. The second-order valence-corrected chi connectivity index (χ2v) is 10.4. The number of aromatic nitrogens is 1. The lowest BCUT2D eigenvalue weighted by Gasteiger charge is -2.07. The number of hydrogen-bond donors (Lipinski definition) is 2. The van der Waals surface area contributed by atoms with Crippen molar-refractivity contribution in [3.63, 3.8) is 0 Å². The van der Waals surface area contributed by atoms with E-state index in [0.717, 1.165) is 30.4 Å². The molecule has 0 radical (unpaired) electrons. The zero-order chi connectivity index (χ0) is 22.6. The summed E-state index contributed by atoms with van der Waals surface area (Å²) in [4.78, 5) is 17.1. The van der Waals surface area contributed by atoms with Gasteiger partial charge < -0.3 is 9.73 Å². The quantitative estimate of drug-likeness (QED) is 0.302. The van der Waals surface area contributed by atoms with Crippen LogP contribution < -0.4 is 10.0 Å². The number of carbonyl (C=O) groups is 1. The van der Waals surface area contributed by atoms with E-state index in [2.05, 4.69) is 44.5 Å². The second-order valence-electron chi connectivity index (χ2n) is 7.38. The predicted octanol–water partition coefficient (Wildman–Crippen LogP) is 4.38. The molecule has 7 nitrogen and oxygen atoms in total. The summed E-state index contributed by atoms with van der Waals surface area (Å²) in [6.45, 7) is 4.46. The third-order valence-corrected chi connectivity index (χ3v) is 7.14. The lowest BCUT2D eigenvalue weighted by molar-refractivity contribution is 0.0964. The monoisotopic (exact) mass is 555 g/mol. The molecule has 3 aromatic rings. The molecule has 31 heavy (non-hydrogen) atoms. The Hall–Kier alpha value is -1.98. The highest BCUT2D eigenvalue weighted by Gasteiger charge is 2.24. The molecule has 0 aliphatic rings. The molecule has 2 aromatic heterocycles. The topological polar surface area (TPSA) is 101 Å². The Kier molecular flexibility index (Phi) is 7.71. The number of pyridine rings is 1. The standard InChI is InChI=1S/C22H26IN3O4S/c1-4-5-6-11-25-31(28,29)13-18-17(23)12-16-19(21(27)24-3)20(30-22(16)26-18)15-9-7-14(2)8-10-15/h7-10,12,25H,4-6,11,13H2,1-3H3,(H,24,27). The van der Waals surface area contributed by atoms with E-state index in [-0.39, 0.29) is 17.4 Å². The highest BCUT2D eigenvalue weighted by Crippen LogP contribution is 2.34. The van der Waals surface area contributed by atoms with Crippen molar-refractivity contribution in [2.75, 3.05) is 13.6 Å². The van der Waals surface area contributed by atoms with Crippen LogP contribution in [-0.4, -0.2) is 32.9 Å². The molecule has 2 heterocycles. The first-order chi connectivity index (χ1) is 14.8. The number of nitrogens with one attached hydrogen (secondary N) is 2. The first kappa shape index (κ1) is 23.7. The highest BCUT2D eigenvalue weighted by molar-refractivity contribution is 14.1. The lowest BCUT2D eigenvalue weighted by atomic mass is 10.0. The second kappa shape index (κ2) is 10.1. The largest absolute Gasteiger partial charge is 0.437 e. The number of aryl methyl sites for hydroxylation is 1. The van der Waals surface area contributed by atoms with Crippen LogP contribution in [0.3, 0.4) is 0 Å². The Morgan fingerprint density at radius 1 is 1.19 bits per heavy atom. The fourth-order valence-corrected chi connectivity index (χ4v) is 5.25. The van der Waals surface area contributed by atoms with Crippen molar-refractivity contribution in [1.29, 1.82) is 0 Å². The molecule has 0 atom stereocenters. The summed E-state index contributed by atoms with van der Waals surface area (Å²) < 4.78 is 34.2. The average molecular weight is 555 g/mol. The minimum Gasteiger partial charge on any atom is -0.437 e. The fraction of sp³-hybridized carbons (Fsp3) is 0.364. The number of benzene rings is 1. The van der Waals surface area contributed by atoms with Gasteiger partial charge >= 0.3 is 0 Å². The zero-order valence-corrected chi connectivity index (χ0v) is 20.8. The molecule has 0 spiro atoms. The Balaban J connectivity index is 2.01. The fourth-order valence-electron chi connectivity index (χ4n) is 3.23. The molecule has 0 bridgehead atoms. The molecular weight excluding hydrogens is 529 g/mol. The van der Waals surface area contributed by atoms with Gasteiger partial charge in [-0.3, -0.25) is 4.79 Å². The summed E-state index contributed by atoms with van der Waals surface area (Å²) in [6.07, 6.45) is 2.79. The molecule has 1 amide bonds. The summed E-state index contributed by atoms with van der Waals surface area (Å²) in [5.74, 6) is -0.122. The molecule has 0 unspecified atom stereocenters. The van der Waals surface area contributed by atoms with Gasteiger partial charge in [-0.15, -0.1) is 0 Å². The van der Waals surface area contributed by atoms with E-state index in [0.29, 0.717) is 32.5 Å². The molecule has 1 aromatic carbocycles. The van der Waals surface area contributed by atoms with Crippen LogP contribution in [0.15, 0.2) is 34.7 Å². The van der Waals surface area contributed by atoms with Gasteiger partial charge in [0.15, 0.2) is 0 Å². The van der Waals surface area contributed by atoms with Crippen LogP contribution in [0.5, 0.6) is 0 Å². The number of carbonyl (C=O) groups excluding carboxylic acids is 1. The highest BCUT2D eigenvalue weighted by atomic mass is 127. The summed E-state index contributed by atoms with van der Waals surface area (Å²) in [5, 5.41) is 3.20. The number of hydrogen-bond acceptors (Lipinski definition) is 5. The van der Waals surface area contributed by atoms with Crippen LogP contribution in [0.4, 0.5) is 0 Å². The molecule has 0 saturated carbocycles. The number of amides is 1.